The molecule has 0 saturated carbocycles. The molecule has 0 aliphatic rings. The van der Waals surface area contributed by atoms with Crippen molar-refractivity contribution in [3.8, 4) is 5.75 Å². The first-order valence-corrected chi connectivity index (χ1v) is 6.75. The molecule has 6 nitrogen and oxygen atoms in total. The summed E-state index contributed by atoms with van der Waals surface area (Å²) in [7, 11) is 0. The number of ether oxygens (including phenoxy) is 1. The molecule has 0 spiro atoms. The second kappa shape index (κ2) is 8.63. The van der Waals surface area contributed by atoms with Crippen molar-refractivity contribution in [1.29, 1.82) is 0 Å². The van der Waals surface area contributed by atoms with Gasteiger partial charge in [-0.25, -0.2) is 0 Å². The number of aliphatic hydroxyl groups excluding tert-OH is 1. The van der Waals surface area contributed by atoms with Gasteiger partial charge >= 0.3 is 0 Å². The molecule has 118 valence electrons. The van der Waals surface area contributed by atoms with Gasteiger partial charge in [0.1, 0.15) is 12.4 Å². The molecule has 22 heavy (non-hydrogen) atoms. The molecule has 0 heterocycles. The standard InChI is InChI=1S/C9H13NO2.C7H7NO2/c1-7-2-3-8(10)9(6-7)12-5-4-11;1-6-2-4-7(5-3-6)8(9)10/h2-3,6,11H,4-5,10H2,1H3;2-5H,1H3. The van der Waals surface area contributed by atoms with Crippen molar-refractivity contribution >= 4 is 11.4 Å². The van der Waals surface area contributed by atoms with Crippen molar-refractivity contribution in [3.05, 3.63) is 63.7 Å². The molecule has 6 heteroatoms. The highest BCUT2D eigenvalue weighted by Crippen LogP contribution is 2.21. The minimum absolute atomic E-state index is 0.00732. The van der Waals surface area contributed by atoms with Crippen LogP contribution < -0.4 is 10.5 Å². The number of rotatable bonds is 4. The number of nitro benzene ring substituents is 1. The quantitative estimate of drug-likeness (QED) is 0.514. The SMILES string of the molecule is Cc1ccc(N)c(OCCO)c1.Cc1ccc([N+](=O)[O-])cc1. The molecule has 3 N–H and O–H groups in total. The molecule has 0 fully saturated rings. The Morgan fingerprint density at radius 3 is 2.27 bits per heavy atom. The number of nitrogen functional groups attached to an aromatic ring is 1. The van der Waals surface area contributed by atoms with Crippen molar-refractivity contribution < 1.29 is 14.8 Å². The van der Waals surface area contributed by atoms with E-state index in [0.29, 0.717) is 11.4 Å². The summed E-state index contributed by atoms with van der Waals surface area (Å²) < 4.78 is 5.19. The predicted octanol–water partition coefficient (Wildman–Crippen LogP) is 2.85. The summed E-state index contributed by atoms with van der Waals surface area (Å²) in [4.78, 5) is 9.71. The lowest BCUT2D eigenvalue weighted by Crippen LogP contribution is -2.03. The minimum Gasteiger partial charge on any atom is -0.489 e. The van der Waals surface area contributed by atoms with Crippen LogP contribution in [-0.4, -0.2) is 23.2 Å². The third kappa shape index (κ3) is 5.80. The lowest BCUT2D eigenvalue weighted by molar-refractivity contribution is -0.384. The molecule has 0 bridgehead atoms. The van der Waals surface area contributed by atoms with Gasteiger partial charge in [0, 0.05) is 12.1 Å². The van der Waals surface area contributed by atoms with E-state index >= 15 is 0 Å². The van der Waals surface area contributed by atoms with Gasteiger partial charge in [-0.3, -0.25) is 10.1 Å². The fraction of sp³-hybridized carbons (Fsp3) is 0.250. The van der Waals surface area contributed by atoms with Crippen LogP contribution in [0, 0.1) is 24.0 Å². The van der Waals surface area contributed by atoms with Gasteiger partial charge in [0.05, 0.1) is 17.2 Å². The zero-order valence-electron chi connectivity index (χ0n) is 12.7. The van der Waals surface area contributed by atoms with Crippen molar-refractivity contribution in [2.45, 2.75) is 13.8 Å². The number of benzene rings is 2. The number of nitrogens with two attached hydrogens (primary N) is 1. The van der Waals surface area contributed by atoms with Gasteiger partial charge in [0.15, 0.2) is 0 Å². The molecule has 0 atom stereocenters. The van der Waals surface area contributed by atoms with Gasteiger partial charge in [-0.2, -0.15) is 0 Å². The Morgan fingerprint density at radius 2 is 1.73 bits per heavy atom. The van der Waals surface area contributed by atoms with Gasteiger partial charge in [-0.1, -0.05) is 23.8 Å². The van der Waals surface area contributed by atoms with Crippen LogP contribution in [0.4, 0.5) is 11.4 Å². The summed E-state index contributed by atoms with van der Waals surface area (Å²) in [6.45, 7) is 4.15. The van der Waals surface area contributed by atoms with E-state index in [1.807, 2.05) is 26.0 Å². The number of nitrogens with zero attached hydrogens (tertiary/aromatic N) is 1. The number of aliphatic hydroxyl groups is 1. The van der Waals surface area contributed by atoms with E-state index in [1.54, 1.807) is 18.2 Å². The Hall–Kier alpha value is -2.60. The number of anilines is 1. The summed E-state index contributed by atoms with van der Waals surface area (Å²) in [6.07, 6.45) is 0. The maximum Gasteiger partial charge on any atom is 0.269 e. The molecule has 0 aromatic heterocycles. The summed E-state index contributed by atoms with van der Waals surface area (Å²) in [6, 6.07) is 12.0. The summed E-state index contributed by atoms with van der Waals surface area (Å²) in [5.74, 6) is 0.643. The molecule has 0 aliphatic heterocycles. The average molecular weight is 304 g/mol. The summed E-state index contributed by atoms with van der Waals surface area (Å²) in [5.41, 5.74) is 8.50. The van der Waals surface area contributed by atoms with Crippen LogP contribution >= 0.6 is 0 Å². The molecular weight excluding hydrogens is 284 g/mol. The first-order chi connectivity index (χ1) is 10.4. The topological polar surface area (TPSA) is 98.6 Å². The number of hydrogen-bond donors (Lipinski definition) is 2. The molecule has 0 unspecified atom stereocenters. The molecule has 0 radical (unpaired) electrons. The number of hydrogen-bond acceptors (Lipinski definition) is 5. The van der Waals surface area contributed by atoms with Gasteiger partial charge in [-0.05, 0) is 31.5 Å². The third-order valence-corrected chi connectivity index (χ3v) is 2.76. The zero-order chi connectivity index (χ0) is 16.5. The highest BCUT2D eigenvalue weighted by molar-refractivity contribution is 5.53. The second-order valence-corrected chi connectivity index (χ2v) is 4.71. The lowest BCUT2D eigenvalue weighted by Gasteiger charge is -2.07. The second-order valence-electron chi connectivity index (χ2n) is 4.71. The Kier molecular flexibility index (Phi) is 6.85. The molecule has 0 amide bonds. The van der Waals surface area contributed by atoms with Gasteiger partial charge in [0.2, 0.25) is 0 Å². The van der Waals surface area contributed by atoms with Crippen molar-refractivity contribution in [2.24, 2.45) is 0 Å². The molecule has 0 saturated heterocycles. The Bertz CT molecular complexity index is 612. The number of non-ortho nitro benzene ring substituents is 1. The zero-order valence-corrected chi connectivity index (χ0v) is 12.7. The fourth-order valence-corrected chi connectivity index (χ4v) is 1.59. The van der Waals surface area contributed by atoms with E-state index in [2.05, 4.69) is 0 Å². The van der Waals surface area contributed by atoms with Crippen LogP contribution in [0.2, 0.25) is 0 Å². The van der Waals surface area contributed by atoms with Crippen LogP contribution in [0.1, 0.15) is 11.1 Å². The van der Waals surface area contributed by atoms with Gasteiger partial charge < -0.3 is 15.6 Å². The monoisotopic (exact) mass is 304 g/mol. The fourth-order valence-electron chi connectivity index (χ4n) is 1.59. The van der Waals surface area contributed by atoms with Gasteiger partial charge in [-0.15, -0.1) is 0 Å². The van der Waals surface area contributed by atoms with Crippen molar-refractivity contribution in [3.63, 3.8) is 0 Å². The van der Waals surface area contributed by atoms with E-state index in [4.69, 9.17) is 15.6 Å². The van der Waals surface area contributed by atoms with Crippen LogP contribution in [0.3, 0.4) is 0 Å². The molecule has 2 rings (SSSR count). The summed E-state index contributed by atoms with van der Waals surface area (Å²) in [5, 5.41) is 18.6. The normalized spacial score (nSPS) is 9.59. The Labute approximate surface area is 129 Å². The largest absolute Gasteiger partial charge is 0.489 e. The van der Waals surface area contributed by atoms with E-state index in [1.165, 1.54) is 12.1 Å². The van der Waals surface area contributed by atoms with E-state index in [-0.39, 0.29) is 18.9 Å². The van der Waals surface area contributed by atoms with Crippen molar-refractivity contribution in [1.82, 2.24) is 0 Å². The highest BCUT2D eigenvalue weighted by Gasteiger charge is 2.00. The predicted molar refractivity (Wildman–Crippen MR) is 86.0 cm³/mol. The lowest BCUT2D eigenvalue weighted by atomic mass is 10.2. The average Bonchev–Trinajstić information content (AvgIpc) is 2.49. The molecular formula is C16H20N2O4. The minimum atomic E-state index is -0.403. The first kappa shape index (κ1) is 17.5. The Morgan fingerprint density at radius 1 is 1.14 bits per heavy atom. The first-order valence-electron chi connectivity index (χ1n) is 6.75. The molecule has 0 aliphatic carbocycles. The summed E-state index contributed by atoms with van der Waals surface area (Å²) >= 11 is 0. The van der Waals surface area contributed by atoms with E-state index in [0.717, 1.165) is 11.1 Å². The van der Waals surface area contributed by atoms with E-state index in [9.17, 15) is 10.1 Å². The highest BCUT2D eigenvalue weighted by atomic mass is 16.6. The van der Waals surface area contributed by atoms with E-state index < -0.39 is 4.92 Å². The van der Waals surface area contributed by atoms with Crippen LogP contribution in [-0.2, 0) is 0 Å². The number of nitro groups is 1. The van der Waals surface area contributed by atoms with Crippen LogP contribution in [0.5, 0.6) is 5.75 Å². The number of aryl methyl sites for hydroxylation is 2. The maximum atomic E-state index is 10.1. The van der Waals surface area contributed by atoms with Gasteiger partial charge in [0.25, 0.3) is 5.69 Å². The van der Waals surface area contributed by atoms with Crippen LogP contribution in [0.15, 0.2) is 42.5 Å². The molecule has 2 aromatic rings. The van der Waals surface area contributed by atoms with Crippen LogP contribution in [0.25, 0.3) is 0 Å². The smallest absolute Gasteiger partial charge is 0.269 e. The van der Waals surface area contributed by atoms with Crippen molar-refractivity contribution in [2.75, 3.05) is 18.9 Å². The Balaban J connectivity index is 0.000000224. The molecule has 2 aromatic carbocycles. The maximum absolute atomic E-state index is 10.1. The third-order valence-electron chi connectivity index (χ3n) is 2.76.